The molecule has 1 N–H and O–H groups in total. The lowest BCUT2D eigenvalue weighted by Gasteiger charge is -2.03. The number of carbonyl (C=O) groups excluding carboxylic acids is 1. The molecule has 0 radical (unpaired) electrons. The quantitative estimate of drug-likeness (QED) is 0.762. The van der Waals surface area contributed by atoms with Gasteiger partial charge in [-0.15, -0.1) is 0 Å². The summed E-state index contributed by atoms with van der Waals surface area (Å²) in [5, 5.41) is 2.30. The van der Waals surface area contributed by atoms with Crippen LogP contribution < -0.4 is 5.32 Å². The number of benzene rings is 1. The summed E-state index contributed by atoms with van der Waals surface area (Å²) in [5.74, 6) is -0.530. The Morgan fingerprint density at radius 2 is 2.31 bits per heavy atom. The highest BCUT2D eigenvalue weighted by molar-refractivity contribution is 6.31. The predicted octanol–water partition coefficient (Wildman–Crippen LogP) is 2.66. The van der Waals surface area contributed by atoms with E-state index in [2.05, 4.69) is 10.1 Å². The molecule has 1 aromatic rings. The Bertz CT molecular complexity index is 330. The second-order valence-electron chi connectivity index (χ2n) is 2.25. The number of nitrogens with one attached hydrogen (secondary N) is 1. The van der Waals surface area contributed by atoms with E-state index in [0.29, 0.717) is 5.69 Å². The van der Waals surface area contributed by atoms with Crippen molar-refractivity contribution in [1.29, 1.82) is 0 Å². The minimum atomic E-state index is -0.623. The molecule has 0 spiro atoms. The van der Waals surface area contributed by atoms with Crippen molar-refractivity contribution >= 4 is 23.4 Å². The van der Waals surface area contributed by atoms with Crippen molar-refractivity contribution in [3.63, 3.8) is 0 Å². The van der Waals surface area contributed by atoms with Crippen LogP contribution in [0.1, 0.15) is 0 Å². The zero-order chi connectivity index (χ0) is 9.84. The lowest BCUT2D eigenvalue weighted by molar-refractivity contribution is 0.187. The third-order valence-corrected chi connectivity index (χ3v) is 1.64. The summed E-state index contributed by atoms with van der Waals surface area (Å²) in [6.45, 7) is 0. The Balaban J connectivity index is 2.79. The van der Waals surface area contributed by atoms with Crippen LogP contribution in [0, 0.1) is 5.82 Å². The maximum atomic E-state index is 12.6. The van der Waals surface area contributed by atoms with Crippen LogP contribution in [0.25, 0.3) is 0 Å². The van der Waals surface area contributed by atoms with E-state index < -0.39 is 11.9 Å². The SMILES string of the molecule is COC(=O)Nc1ccc(F)c(Cl)c1. The van der Waals surface area contributed by atoms with Crippen molar-refractivity contribution in [1.82, 2.24) is 0 Å². The lowest BCUT2D eigenvalue weighted by Crippen LogP contribution is -2.10. The first-order valence-corrected chi connectivity index (χ1v) is 3.81. The first kappa shape index (κ1) is 9.80. The molecule has 1 aromatic carbocycles. The van der Waals surface area contributed by atoms with E-state index in [-0.39, 0.29) is 5.02 Å². The fourth-order valence-corrected chi connectivity index (χ4v) is 0.923. The Morgan fingerprint density at radius 3 is 2.85 bits per heavy atom. The molecule has 1 rings (SSSR count). The van der Waals surface area contributed by atoms with Gasteiger partial charge in [0.2, 0.25) is 0 Å². The summed E-state index contributed by atoms with van der Waals surface area (Å²) in [7, 11) is 1.24. The fraction of sp³-hybridized carbons (Fsp3) is 0.125. The van der Waals surface area contributed by atoms with E-state index in [9.17, 15) is 9.18 Å². The zero-order valence-corrected chi connectivity index (χ0v) is 7.56. The predicted molar refractivity (Wildman–Crippen MR) is 47.4 cm³/mol. The largest absolute Gasteiger partial charge is 0.453 e. The number of hydrogen-bond donors (Lipinski definition) is 1. The molecule has 13 heavy (non-hydrogen) atoms. The van der Waals surface area contributed by atoms with E-state index in [0.717, 1.165) is 6.07 Å². The number of ether oxygens (including phenoxy) is 1. The highest BCUT2D eigenvalue weighted by Crippen LogP contribution is 2.19. The van der Waals surface area contributed by atoms with Crippen LogP contribution in [0.15, 0.2) is 18.2 Å². The Hall–Kier alpha value is -1.29. The molecule has 0 aliphatic rings. The minimum absolute atomic E-state index is 0.0473. The number of halogens is 2. The van der Waals surface area contributed by atoms with Crippen molar-refractivity contribution in [2.24, 2.45) is 0 Å². The third-order valence-electron chi connectivity index (χ3n) is 1.35. The summed E-state index contributed by atoms with van der Waals surface area (Å²) in [6.07, 6.45) is -0.623. The Morgan fingerprint density at radius 1 is 1.62 bits per heavy atom. The first-order chi connectivity index (χ1) is 6.13. The van der Waals surface area contributed by atoms with Crippen LogP contribution in [0.4, 0.5) is 14.9 Å². The van der Waals surface area contributed by atoms with Crippen LogP contribution >= 0.6 is 11.6 Å². The van der Waals surface area contributed by atoms with Gasteiger partial charge in [0, 0.05) is 5.69 Å². The number of amides is 1. The van der Waals surface area contributed by atoms with E-state index in [1.807, 2.05) is 0 Å². The molecule has 1 amide bonds. The standard InChI is InChI=1S/C8H7ClFNO2/c1-13-8(12)11-5-2-3-7(10)6(9)4-5/h2-4H,1H3,(H,11,12). The second-order valence-corrected chi connectivity index (χ2v) is 2.65. The smallest absolute Gasteiger partial charge is 0.411 e. The number of rotatable bonds is 1. The average molecular weight is 204 g/mol. The van der Waals surface area contributed by atoms with Crippen molar-refractivity contribution in [3.05, 3.63) is 29.0 Å². The molecule has 0 aliphatic carbocycles. The minimum Gasteiger partial charge on any atom is -0.453 e. The molecule has 0 aliphatic heterocycles. The van der Waals surface area contributed by atoms with Crippen LogP contribution in [0.5, 0.6) is 0 Å². The molecule has 0 bridgehead atoms. The first-order valence-electron chi connectivity index (χ1n) is 3.43. The molecule has 0 fully saturated rings. The molecule has 70 valence electrons. The zero-order valence-electron chi connectivity index (χ0n) is 6.80. The highest BCUT2D eigenvalue weighted by Gasteiger charge is 2.03. The van der Waals surface area contributed by atoms with Gasteiger partial charge in [-0.25, -0.2) is 9.18 Å². The molecule has 5 heteroatoms. The number of hydrogen-bond acceptors (Lipinski definition) is 2. The van der Waals surface area contributed by atoms with Gasteiger partial charge in [0.05, 0.1) is 12.1 Å². The van der Waals surface area contributed by atoms with Crippen molar-refractivity contribution in [2.45, 2.75) is 0 Å². The van der Waals surface area contributed by atoms with Gasteiger partial charge in [-0.3, -0.25) is 5.32 Å². The topological polar surface area (TPSA) is 38.3 Å². The maximum absolute atomic E-state index is 12.6. The summed E-state index contributed by atoms with van der Waals surface area (Å²) in [4.78, 5) is 10.7. The maximum Gasteiger partial charge on any atom is 0.411 e. The summed E-state index contributed by atoms with van der Waals surface area (Å²) < 4.78 is 17.0. The molecule has 0 atom stereocenters. The monoisotopic (exact) mass is 203 g/mol. The average Bonchev–Trinajstić information content (AvgIpc) is 2.11. The van der Waals surface area contributed by atoms with Crippen molar-refractivity contribution < 1.29 is 13.9 Å². The number of carbonyl (C=O) groups is 1. The van der Waals surface area contributed by atoms with Crippen molar-refractivity contribution in [3.8, 4) is 0 Å². The molecular weight excluding hydrogens is 197 g/mol. The van der Waals surface area contributed by atoms with Crippen LogP contribution in [0.3, 0.4) is 0 Å². The van der Waals surface area contributed by atoms with Gasteiger partial charge in [-0.1, -0.05) is 11.6 Å². The fourth-order valence-electron chi connectivity index (χ4n) is 0.743. The van der Waals surface area contributed by atoms with Gasteiger partial charge in [-0.05, 0) is 18.2 Å². The van der Waals surface area contributed by atoms with Gasteiger partial charge >= 0.3 is 6.09 Å². The molecule has 3 nitrogen and oxygen atoms in total. The molecule has 0 aromatic heterocycles. The Kier molecular flexibility index (Phi) is 3.08. The van der Waals surface area contributed by atoms with Gasteiger partial charge in [0.15, 0.2) is 0 Å². The molecule has 0 saturated heterocycles. The summed E-state index contributed by atoms with van der Waals surface area (Å²) in [6, 6.07) is 3.85. The van der Waals surface area contributed by atoms with E-state index in [1.54, 1.807) is 0 Å². The van der Waals surface area contributed by atoms with Gasteiger partial charge in [-0.2, -0.15) is 0 Å². The molecule has 0 saturated carbocycles. The summed E-state index contributed by atoms with van der Waals surface area (Å²) in [5.41, 5.74) is 0.387. The lowest BCUT2D eigenvalue weighted by atomic mass is 10.3. The van der Waals surface area contributed by atoms with Gasteiger partial charge in [0.25, 0.3) is 0 Å². The Labute approximate surface area is 79.5 Å². The van der Waals surface area contributed by atoms with Gasteiger partial charge in [0.1, 0.15) is 5.82 Å². The van der Waals surface area contributed by atoms with Crippen LogP contribution in [-0.2, 0) is 4.74 Å². The normalized spacial score (nSPS) is 9.46. The number of methoxy groups -OCH3 is 1. The molecule has 0 heterocycles. The van der Waals surface area contributed by atoms with Crippen LogP contribution in [0.2, 0.25) is 5.02 Å². The molecular formula is C8H7ClFNO2. The van der Waals surface area contributed by atoms with Crippen molar-refractivity contribution in [2.75, 3.05) is 12.4 Å². The van der Waals surface area contributed by atoms with Gasteiger partial charge < -0.3 is 4.74 Å². The van der Waals surface area contributed by atoms with E-state index in [1.165, 1.54) is 19.2 Å². The van der Waals surface area contributed by atoms with Crippen LogP contribution in [-0.4, -0.2) is 13.2 Å². The second kappa shape index (κ2) is 4.09. The highest BCUT2D eigenvalue weighted by atomic mass is 35.5. The number of anilines is 1. The van der Waals surface area contributed by atoms with E-state index >= 15 is 0 Å². The van der Waals surface area contributed by atoms with E-state index in [4.69, 9.17) is 11.6 Å². The summed E-state index contributed by atoms with van der Waals surface area (Å²) >= 11 is 5.47. The third kappa shape index (κ3) is 2.59. The molecule has 0 unspecified atom stereocenters.